The smallest absolute Gasteiger partial charge is 0.278 e. The Morgan fingerprint density at radius 2 is 1.71 bits per heavy atom. The number of carbonyl (C=O) groups is 2. The molecule has 2 aliphatic rings. The van der Waals surface area contributed by atoms with E-state index in [4.69, 9.17) is 4.74 Å². The van der Waals surface area contributed by atoms with Crippen LogP contribution in [-0.4, -0.2) is 36.4 Å². The Hall–Kier alpha value is -3.08. The van der Waals surface area contributed by atoms with Crippen LogP contribution in [0.3, 0.4) is 0 Å². The number of carbonyl (C=O) groups excluding carboxylic acids is 2. The highest BCUT2D eigenvalue weighted by atomic mass is 16.5. The summed E-state index contributed by atoms with van der Waals surface area (Å²) in [6.45, 7) is 5.62. The quantitative estimate of drug-likeness (QED) is 0.723. The average Bonchev–Trinajstić information content (AvgIpc) is 3.23. The van der Waals surface area contributed by atoms with Crippen LogP contribution in [0, 0.1) is 0 Å². The minimum absolute atomic E-state index is 0.201. The largest absolute Gasteiger partial charge is 0.494 e. The highest BCUT2D eigenvalue weighted by Gasteiger charge is 2.42. The molecular formula is C23H24N2O3. The molecular weight excluding hydrogens is 352 g/mol. The normalized spacial score (nSPS) is 16.2. The minimum atomic E-state index is -0.213. The Labute approximate surface area is 165 Å². The number of imide groups is 1. The van der Waals surface area contributed by atoms with Gasteiger partial charge in [0.05, 0.1) is 12.2 Å². The highest BCUT2D eigenvalue weighted by molar-refractivity contribution is 6.36. The van der Waals surface area contributed by atoms with Gasteiger partial charge in [-0.15, -0.1) is 0 Å². The number of anilines is 1. The topological polar surface area (TPSA) is 49.9 Å². The Morgan fingerprint density at radius 3 is 2.43 bits per heavy atom. The number of rotatable bonds is 6. The first kappa shape index (κ1) is 18.3. The van der Waals surface area contributed by atoms with Crippen molar-refractivity contribution in [1.82, 2.24) is 4.90 Å². The van der Waals surface area contributed by atoms with Gasteiger partial charge < -0.3 is 9.64 Å². The molecule has 0 spiro atoms. The molecule has 4 rings (SSSR count). The third-order valence-electron chi connectivity index (χ3n) is 5.20. The Morgan fingerprint density at radius 1 is 0.964 bits per heavy atom. The van der Waals surface area contributed by atoms with Gasteiger partial charge in [-0.1, -0.05) is 37.3 Å². The molecule has 0 fully saturated rings. The maximum absolute atomic E-state index is 13.2. The van der Waals surface area contributed by atoms with E-state index in [0.717, 1.165) is 29.8 Å². The predicted molar refractivity (Wildman–Crippen MR) is 109 cm³/mol. The first-order chi connectivity index (χ1) is 13.7. The van der Waals surface area contributed by atoms with Crippen LogP contribution in [-0.2, 0) is 16.0 Å². The number of hydrogen-bond donors (Lipinski definition) is 0. The molecule has 0 N–H and O–H groups in total. The fourth-order valence-corrected chi connectivity index (χ4v) is 3.96. The summed E-state index contributed by atoms with van der Waals surface area (Å²) < 4.78 is 5.52. The van der Waals surface area contributed by atoms with Crippen molar-refractivity contribution in [1.29, 1.82) is 0 Å². The number of para-hydroxylation sites is 1. The fraction of sp³-hybridized carbons (Fsp3) is 0.304. The van der Waals surface area contributed by atoms with Crippen LogP contribution < -0.4 is 9.64 Å². The van der Waals surface area contributed by atoms with Gasteiger partial charge in [0.15, 0.2) is 0 Å². The number of benzene rings is 2. The van der Waals surface area contributed by atoms with Gasteiger partial charge in [-0.05, 0) is 49.1 Å². The summed E-state index contributed by atoms with van der Waals surface area (Å²) in [4.78, 5) is 29.8. The van der Waals surface area contributed by atoms with Crippen molar-refractivity contribution >= 4 is 23.1 Å². The molecule has 2 aliphatic heterocycles. The van der Waals surface area contributed by atoms with Crippen molar-refractivity contribution in [2.45, 2.75) is 26.7 Å². The van der Waals surface area contributed by atoms with Crippen LogP contribution >= 0.6 is 0 Å². The van der Waals surface area contributed by atoms with Crippen LogP contribution in [0.15, 0.2) is 54.2 Å². The van der Waals surface area contributed by atoms with E-state index in [-0.39, 0.29) is 11.8 Å². The Bertz CT molecular complexity index is 947. The van der Waals surface area contributed by atoms with E-state index in [9.17, 15) is 9.59 Å². The van der Waals surface area contributed by atoms with Gasteiger partial charge in [0.25, 0.3) is 11.8 Å². The van der Waals surface area contributed by atoms with Crippen LogP contribution in [0.4, 0.5) is 5.69 Å². The third-order valence-corrected chi connectivity index (χ3v) is 5.20. The molecule has 0 saturated carbocycles. The SMILES string of the molecule is CCCN1C(=O)C(c2ccc(OCC)cc2)=C(N2CCc3ccccc32)C1=O. The number of nitrogens with zero attached hydrogens (tertiary/aromatic N) is 2. The van der Waals surface area contributed by atoms with Crippen molar-refractivity contribution in [2.24, 2.45) is 0 Å². The van der Waals surface area contributed by atoms with Gasteiger partial charge >= 0.3 is 0 Å². The lowest BCUT2D eigenvalue weighted by molar-refractivity contribution is -0.136. The lowest BCUT2D eigenvalue weighted by Gasteiger charge is -2.21. The van der Waals surface area contributed by atoms with Crippen LogP contribution in [0.5, 0.6) is 5.75 Å². The van der Waals surface area contributed by atoms with E-state index in [1.807, 2.05) is 61.2 Å². The molecule has 0 radical (unpaired) electrons. The molecule has 2 heterocycles. The van der Waals surface area contributed by atoms with Crippen molar-refractivity contribution in [3.63, 3.8) is 0 Å². The summed E-state index contributed by atoms with van der Waals surface area (Å²) in [5.41, 5.74) is 3.95. The van der Waals surface area contributed by atoms with E-state index >= 15 is 0 Å². The van der Waals surface area contributed by atoms with Crippen molar-refractivity contribution in [3.05, 3.63) is 65.4 Å². The van der Waals surface area contributed by atoms with E-state index in [1.165, 1.54) is 10.5 Å². The summed E-state index contributed by atoms with van der Waals surface area (Å²) in [5.74, 6) is 0.338. The number of amides is 2. The second kappa shape index (κ2) is 7.50. The molecule has 0 aromatic heterocycles. The molecule has 0 aliphatic carbocycles. The van der Waals surface area contributed by atoms with Gasteiger partial charge in [-0.25, -0.2) is 0 Å². The third kappa shape index (κ3) is 2.97. The van der Waals surface area contributed by atoms with Crippen LogP contribution in [0.2, 0.25) is 0 Å². The molecule has 2 aromatic carbocycles. The first-order valence-corrected chi connectivity index (χ1v) is 9.84. The summed E-state index contributed by atoms with van der Waals surface area (Å²) in [6.07, 6.45) is 1.60. The molecule has 2 aromatic rings. The molecule has 0 unspecified atom stereocenters. The number of hydrogen-bond acceptors (Lipinski definition) is 4. The fourth-order valence-electron chi connectivity index (χ4n) is 3.96. The predicted octanol–water partition coefficient (Wildman–Crippen LogP) is 3.64. The monoisotopic (exact) mass is 376 g/mol. The Kier molecular flexibility index (Phi) is 4.90. The molecule has 5 nitrogen and oxygen atoms in total. The van der Waals surface area contributed by atoms with E-state index in [1.54, 1.807) is 0 Å². The van der Waals surface area contributed by atoms with E-state index < -0.39 is 0 Å². The zero-order valence-corrected chi connectivity index (χ0v) is 16.3. The second-order valence-electron chi connectivity index (χ2n) is 6.97. The van der Waals surface area contributed by atoms with Crippen LogP contribution in [0.25, 0.3) is 5.57 Å². The molecule has 5 heteroatoms. The summed E-state index contributed by atoms with van der Waals surface area (Å²) >= 11 is 0. The van der Waals surface area contributed by atoms with Crippen molar-refractivity contribution < 1.29 is 14.3 Å². The molecule has 0 bridgehead atoms. The molecule has 0 saturated heterocycles. The lowest BCUT2D eigenvalue weighted by Crippen LogP contribution is -2.35. The summed E-state index contributed by atoms with van der Waals surface area (Å²) in [6, 6.07) is 15.5. The summed E-state index contributed by atoms with van der Waals surface area (Å²) in [5, 5.41) is 0. The van der Waals surface area contributed by atoms with Crippen molar-refractivity contribution in [3.8, 4) is 5.75 Å². The molecule has 0 atom stereocenters. The Balaban J connectivity index is 1.82. The molecule has 28 heavy (non-hydrogen) atoms. The number of fused-ring (bicyclic) bond motifs is 1. The molecule has 144 valence electrons. The van der Waals surface area contributed by atoms with Gasteiger partial charge in [-0.3, -0.25) is 14.5 Å². The second-order valence-corrected chi connectivity index (χ2v) is 6.97. The zero-order chi connectivity index (χ0) is 19.7. The van der Waals surface area contributed by atoms with Crippen molar-refractivity contribution in [2.75, 3.05) is 24.6 Å². The highest BCUT2D eigenvalue weighted by Crippen LogP contribution is 2.38. The number of ether oxygens (including phenoxy) is 1. The molecule has 2 amide bonds. The lowest BCUT2D eigenvalue weighted by atomic mass is 10.0. The average molecular weight is 376 g/mol. The van der Waals surface area contributed by atoms with E-state index in [2.05, 4.69) is 6.07 Å². The van der Waals surface area contributed by atoms with Gasteiger partial charge in [0, 0.05) is 18.8 Å². The zero-order valence-electron chi connectivity index (χ0n) is 16.3. The maximum Gasteiger partial charge on any atom is 0.278 e. The summed E-state index contributed by atoms with van der Waals surface area (Å²) in [7, 11) is 0. The van der Waals surface area contributed by atoms with Gasteiger partial charge in [-0.2, -0.15) is 0 Å². The van der Waals surface area contributed by atoms with E-state index in [0.29, 0.717) is 31.0 Å². The first-order valence-electron chi connectivity index (χ1n) is 9.84. The van der Waals surface area contributed by atoms with Gasteiger partial charge in [0.2, 0.25) is 0 Å². The van der Waals surface area contributed by atoms with Crippen LogP contribution in [0.1, 0.15) is 31.4 Å². The maximum atomic E-state index is 13.2. The standard InChI is InChI=1S/C23H24N2O3/c1-3-14-25-22(26)20(17-9-11-18(12-10-17)28-4-2)21(23(25)27)24-15-13-16-7-5-6-8-19(16)24/h5-12H,3-4,13-15H2,1-2H3. The minimum Gasteiger partial charge on any atom is -0.494 e. The van der Waals surface area contributed by atoms with Gasteiger partial charge in [0.1, 0.15) is 11.4 Å².